The Balaban J connectivity index is 1.79. The molecule has 2 N–H and O–H groups in total. The Hall–Kier alpha value is -2.89. The third-order valence-electron chi connectivity index (χ3n) is 4.70. The SMILES string of the molecule is CCOc1cc(CNc2cc(C(=O)O)ccc2Cl)cc(Cl)c1OCc1ccccc1C. The summed E-state index contributed by atoms with van der Waals surface area (Å²) in [6.07, 6.45) is 0. The molecule has 0 spiro atoms. The number of aromatic carboxylic acids is 1. The molecular formula is C24H23Cl2NO4. The molecule has 0 aliphatic rings. The molecule has 7 heteroatoms. The van der Waals surface area contributed by atoms with Crippen LogP contribution in [0.5, 0.6) is 11.5 Å². The summed E-state index contributed by atoms with van der Waals surface area (Å²) < 4.78 is 11.8. The van der Waals surface area contributed by atoms with Gasteiger partial charge >= 0.3 is 5.97 Å². The van der Waals surface area contributed by atoms with Gasteiger partial charge in [0.15, 0.2) is 11.5 Å². The van der Waals surface area contributed by atoms with Gasteiger partial charge in [-0.05, 0) is 60.9 Å². The highest BCUT2D eigenvalue weighted by Gasteiger charge is 2.14. The fourth-order valence-electron chi connectivity index (χ4n) is 3.04. The minimum Gasteiger partial charge on any atom is -0.490 e. The van der Waals surface area contributed by atoms with E-state index in [2.05, 4.69) is 5.32 Å². The number of hydrogen-bond acceptors (Lipinski definition) is 4. The number of carbonyl (C=O) groups is 1. The van der Waals surface area contributed by atoms with E-state index in [1.807, 2.05) is 44.2 Å². The fraction of sp³-hybridized carbons (Fsp3) is 0.208. The van der Waals surface area contributed by atoms with Gasteiger partial charge in [0.1, 0.15) is 6.61 Å². The molecule has 31 heavy (non-hydrogen) atoms. The van der Waals surface area contributed by atoms with Crippen LogP contribution in [0.4, 0.5) is 5.69 Å². The van der Waals surface area contributed by atoms with Gasteiger partial charge in [-0.1, -0.05) is 47.5 Å². The van der Waals surface area contributed by atoms with Crippen LogP contribution in [0.25, 0.3) is 0 Å². The van der Waals surface area contributed by atoms with Gasteiger partial charge in [0.05, 0.1) is 27.9 Å². The average Bonchev–Trinajstić information content (AvgIpc) is 2.73. The minimum absolute atomic E-state index is 0.153. The average molecular weight is 460 g/mol. The molecule has 0 radical (unpaired) electrons. The van der Waals surface area contributed by atoms with Gasteiger partial charge in [-0.2, -0.15) is 0 Å². The van der Waals surface area contributed by atoms with Gasteiger partial charge in [0.2, 0.25) is 0 Å². The first kappa shape index (κ1) is 22.8. The number of halogens is 2. The van der Waals surface area contributed by atoms with Crippen LogP contribution in [0.1, 0.15) is 34.0 Å². The van der Waals surface area contributed by atoms with Crippen molar-refractivity contribution in [1.82, 2.24) is 0 Å². The van der Waals surface area contributed by atoms with E-state index >= 15 is 0 Å². The van der Waals surface area contributed by atoms with Crippen LogP contribution < -0.4 is 14.8 Å². The molecule has 0 saturated carbocycles. The lowest BCUT2D eigenvalue weighted by atomic mass is 10.1. The van der Waals surface area contributed by atoms with Crippen LogP contribution in [-0.4, -0.2) is 17.7 Å². The van der Waals surface area contributed by atoms with E-state index in [1.54, 1.807) is 12.1 Å². The number of benzene rings is 3. The fourth-order valence-corrected chi connectivity index (χ4v) is 3.51. The summed E-state index contributed by atoms with van der Waals surface area (Å²) in [5.41, 5.74) is 3.72. The van der Waals surface area contributed by atoms with Gasteiger partial charge < -0.3 is 19.9 Å². The van der Waals surface area contributed by atoms with Crippen LogP contribution >= 0.6 is 23.2 Å². The summed E-state index contributed by atoms with van der Waals surface area (Å²) >= 11 is 12.7. The van der Waals surface area contributed by atoms with E-state index in [0.717, 1.165) is 16.7 Å². The molecular weight excluding hydrogens is 437 g/mol. The highest BCUT2D eigenvalue weighted by atomic mass is 35.5. The van der Waals surface area contributed by atoms with Crippen molar-refractivity contribution in [3.05, 3.63) is 86.9 Å². The van der Waals surface area contributed by atoms with E-state index in [9.17, 15) is 9.90 Å². The molecule has 5 nitrogen and oxygen atoms in total. The quantitative estimate of drug-likeness (QED) is 0.377. The Bertz CT molecular complexity index is 1090. The number of nitrogens with one attached hydrogen (secondary N) is 1. The number of hydrogen-bond donors (Lipinski definition) is 2. The van der Waals surface area contributed by atoms with Gasteiger partial charge in [-0.25, -0.2) is 4.79 Å². The third kappa shape index (κ3) is 5.84. The molecule has 0 atom stereocenters. The Morgan fingerprint density at radius 2 is 1.81 bits per heavy atom. The van der Waals surface area contributed by atoms with Crippen molar-refractivity contribution in [2.45, 2.75) is 27.0 Å². The van der Waals surface area contributed by atoms with Crippen LogP contribution in [0.3, 0.4) is 0 Å². The highest BCUT2D eigenvalue weighted by molar-refractivity contribution is 6.33. The molecule has 0 unspecified atom stereocenters. The molecule has 3 aromatic rings. The molecule has 0 fully saturated rings. The molecule has 0 amide bonds. The molecule has 162 valence electrons. The summed E-state index contributed by atoms with van der Waals surface area (Å²) in [6.45, 7) is 5.13. The largest absolute Gasteiger partial charge is 0.490 e. The summed E-state index contributed by atoms with van der Waals surface area (Å²) in [6, 6.07) is 16.1. The topological polar surface area (TPSA) is 67.8 Å². The second kappa shape index (κ2) is 10.4. The summed E-state index contributed by atoms with van der Waals surface area (Å²) in [7, 11) is 0. The molecule has 3 aromatic carbocycles. The number of aryl methyl sites for hydroxylation is 1. The second-order valence-corrected chi connectivity index (χ2v) is 7.72. The Morgan fingerprint density at radius 1 is 1.03 bits per heavy atom. The van der Waals surface area contributed by atoms with Crippen molar-refractivity contribution in [1.29, 1.82) is 0 Å². The molecule has 0 saturated heterocycles. The maximum absolute atomic E-state index is 11.2. The lowest BCUT2D eigenvalue weighted by Crippen LogP contribution is -2.05. The normalized spacial score (nSPS) is 10.6. The van der Waals surface area contributed by atoms with Crippen LogP contribution in [0, 0.1) is 6.92 Å². The molecule has 0 aromatic heterocycles. The van der Waals surface area contributed by atoms with Crippen molar-refractivity contribution >= 4 is 34.9 Å². The Labute approximate surface area is 191 Å². The summed E-state index contributed by atoms with van der Waals surface area (Å²) in [5.74, 6) is 0.0174. The smallest absolute Gasteiger partial charge is 0.335 e. The zero-order valence-electron chi connectivity index (χ0n) is 17.2. The van der Waals surface area contributed by atoms with E-state index in [1.165, 1.54) is 12.1 Å². The predicted molar refractivity (Wildman–Crippen MR) is 124 cm³/mol. The first-order valence-corrected chi connectivity index (χ1v) is 10.5. The maximum Gasteiger partial charge on any atom is 0.335 e. The first-order chi connectivity index (χ1) is 14.9. The summed E-state index contributed by atoms with van der Waals surface area (Å²) in [4.78, 5) is 11.2. The van der Waals surface area contributed by atoms with Crippen molar-refractivity contribution in [2.24, 2.45) is 0 Å². The number of carboxylic acids is 1. The van der Waals surface area contributed by atoms with Gasteiger partial charge in [-0.3, -0.25) is 0 Å². The standard InChI is InChI=1S/C24H23Cl2NO4/c1-3-30-22-11-16(13-27-21-12-17(24(28)29)8-9-19(21)25)10-20(26)23(22)31-14-18-7-5-4-6-15(18)2/h4-12,27H,3,13-14H2,1-2H3,(H,28,29). The van der Waals surface area contributed by atoms with Crippen molar-refractivity contribution < 1.29 is 19.4 Å². The molecule has 0 aliphatic heterocycles. The van der Waals surface area contributed by atoms with Crippen molar-refractivity contribution in [3.8, 4) is 11.5 Å². The Morgan fingerprint density at radius 3 is 2.52 bits per heavy atom. The lowest BCUT2D eigenvalue weighted by molar-refractivity contribution is 0.0697. The molecule has 0 bridgehead atoms. The van der Waals surface area contributed by atoms with Crippen molar-refractivity contribution in [2.75, 3.05) is 11.9 Å². The Kier molecular flexibility index (Phi) is 7.66. The molecule has 0 aliphatic carbocycles. The van der Waals surface area contributed by atoms with Gasteiger partial charge in [0.25, 0.3) is 0 Å². The molecule has 3 rings (SSSR count). The zero-order valence-corrected chi connectivity index (χ0v) is 18.8. The third-order valence-corrected chi connectivity index (χ3v) is 5.31. The van der Waals surface area contributed by atoms with E-state index in [-0.39, 0.29) is 5.56 Å². The van der Waals surface area contributed by atoms with Gasteiger partial charge in [-0.15, -0.1) is 0 Å². The zero-order chi connectivity index (χ0) is 22.4. The molecule has 0 heterocycles. The predicted octanol–water partition coefficient (Wildman–Crippen LogP) is 6.59. The maximum atomic E-state index is 11.2. The van der Waals surface area contributed by atoms with Crippen LogP contribution in [0.2, 0.25) is 10.0 Å². The van der Waals surface area contributed by atoms with E-state index < -0.39 is 5.97 Å². The minimum atomic E-state index is -1.02. The van der Waals surface area contributed by atoms with Crippen LogP contribution in [0.15, 0.2) is 54.6 Å². The first-order valence-electron chi connectivity index (χ1n) is 9.78. The monoisotopic (exact) mass is 459 g/mol. The number of carboxylic acid groups (broad SMARTS) is 1. The van der Waals surface area contributed by atoms with Crippen LogP contribution in [-0.2, 0) is 13.2 Å². The highest BCUT2D eigenvalue weighted by Crippen LogP contribution is 2.38. The van der Waals surface area contributed by atoms with E-state index in [0.29, 0.717) is 47.0 Å². The number of rotatable bonds is 9. The number of ether oxygens (including phenoxy) is 2. The lowest BCUT2D eigenvalue weighted by Gasteiger charge is -2.17. The summed E-state index contributed by atoms with van der Waals surface area (Å²) in [5, 5.41) is 13.2. The van der Waals surface area contributed by atoms with E-state index in [4.69, 9.17) is 32.7 Å². The number of anilines is 1. The van der Waals surface area contributed by atoms with Crippen molar-refractivity contribution in [3.63, 3.8) is 0 Å². The van der Waals surface area contributed by atoms with Gasteiger partial charge in [0, 0.05) is 6.54 Å². The second-order valence-electron chi connectivity index (χ2n) is 6.91.